The molecule has 1 unspecified atom stereocenters. The van der Waals surface area contributed by atoms with E-state index in [0.29, 0.717) is 37.0 Å². The fraction of sp³-hybridized carbons (Fsp3) is 0.815. The zero-order chi connectivity index (χ0) is 22.8. The Labute approximate surface area is 187 Å². The van der Waals surface area contributed by atoms with Crippen molar-refractivity contribution in [2.24, 2.45) is 34.5 Å². The number of hydrogen-bond donors (Lipinski definition) is 3. The molecule has 8 atom stereocenters. The summed E-state index contributed by atoms with van der Waals surface area (Å²) >= 11 is 0. The highest BCUT2D eigenvalue weighted by Gasteiger charge is 2.71. The highest BCUT2D eigenvalue weighted by atomic mass is 16.3. The minimum Gasteiger partial charge on any atom is -0.393 e. The summed E-state index contributed by atoms with van der Waals surface area (Å²) in [7, 11) is 0. The molecule has 4 nitrogen and oxygen atoms in total. The third kappa shape index (κ3) is 3.15. The first-order valence-corrected chi connectivity index (χ1v) is 12.4. The van der Waals surface area contributed by atoms with Crippen LogP contribution in [0.1, 0.15) is 86.0 Å². The first-order valence-electron chi connectivity index (χ1n) is 12.4. The molecule has 0 saturated heterocycles. The van der Waals surface area contributed by atoms with Crippen LogP contribution in [-0.4, -0.2) is 38.4 Å². The number of fused-ring (bicyclic) bond motifs is 5. The lowest BCUT2D eigenvalue weighted by Gasteiger charge is -2.63. The van der Waals surface area contributed by atoms with Gasteiger partial charge >= 0.3 is 0 Å². The lowest BCUT2D eigenvalue weighted by Crippen LogP contribution is -2.71. The van der Waals surface area contributed by atoms with Gasteiger partial charge in [0.15, 0.2) is 5.78 Å². The average molecular weight is 431 g/mol. The van der Waals surface area contributed by atoms with Crippen LogP contribution in [-0.2, 0) is 4.79 Å². The third-order valence-corrected chi connectivity index (χ3v) is 10.00. The van der Waals surface area contributed by atoms with E-state index in [1.807, 2.05) is 6.92 Å². The highest BCUT2D eigenvalue weighted by Crippen LogP contribution is 2.68. The maximum atomic E-state index is 13.3. The van der Waals surface area contributed by atoms with Gasteiger partial charge in [0.25, 0.3) is 0 Å². The zero-order valence-corrected chi connectivity index (χ0v) is 20.0. The zero-order valence-electron chi connectivity index (χ0n) is 20.0. The predicted molar refractivity (Wildman–Crippen MR) is 122 cm³/mol. The Morgan fingerprint density at radius 2 is 1.77 bits per heavy atom. The molecule has 0 aromatic heterocycles. The normalized spacial score (nSPS) is 48.4. The Morgan fingerprint density at radius 1 is 1.06 bits per heavy atom. The molecule has 174 valence electrons. The van der Waals surface area contributed by atoms with Crippen molar-refractivity contribution in [2.75, 3.05) is 0 Å². The summed E-state index contributed by atoms with van der Waals surface area (Å²) in [6, 6.07) is 0. The van der Waals surface area contributed by atoms with Crippen molar-refractivity contribution in [1.29, 1.82) is 0 Å². The van der Waals surface area contributed by atoms with Gasteiger partial charge in [-0.3, -0.25) is 4.79 Å². The van der Waals surface area contributed by atoms with Gasteiger partial charge in [-0.05, 0) is 85.7 Å². The largest absolute Gasteiger partial charge is 0.393 e. The Bertz CT molecular complexity index is 799. The van der Waals surface area contributed by atoms with Crippen LogP contribution < -0.4 is 0 Å². The van der Waals surface area contributed by atoms with Crippen LogP contribution in [0.5, 0.6) is 0 Å². The molecule has 0 radical (unpaired) electrons. The van der Waals surface area contributed by atoms with E-state index in [2.05, 4.69) is 39.8 Å². The summed E-state index contributed by atoms with van der Waals surface area (Å²) in [6.07, 6.45) is 11.3. The van der Waals surface area contributed by atoms with Crippen LogP contribution in [0.2, 0.25) is 0 Å². The minimum atomic E-state index is -1.68. The number of rotatable bonds is 4. The maximum Gasteiger partial charge on any atom is 0.188 e. The standard InChI is InChI=1S/C27H42O4/c1-17(2)7-6-8-18(3)20-9-10-21-22-15-23(29)27(31)16-19(28)11-12-25(27,5)26(22,30)14-13-24(20,21)4/h6,8,15,17-21,28,30-31H,7,9-14,16H2,1-5H3/b8-6+/t18-,19+,20-,21?,24-,25-,26-,27+/m1/s1. The number of carbonyl (C=O) groups excluding carboxylic acids is 1. The molecule has 4 rings (SSSR count). The molecule has 0 bridgehead atoms. The number of ketones is 1. The van der Waals surface area contributed by atoms with Crippen LogP contribution in [0.3, 0.4) is 0 Å². The molecule has 3 fully saturated rings. The van der Waals surface area contributed by atoms with E-state index in [9.17, 15) is 20.1 Å². The molecule has 4 aliphatic carbocycles. The van der Waals surface area contributed by atoms with Gasteiger partial charge in [-0.15, -0.1) is 0 Å². The van der Waals surface area contributed by atoms with Gasteiger partial charge in [-0.25, -0.2) is 0 Å². The smallest absolute Gasteiger partial charge is 0.188 e. The van der Waals surface area contributed by atoms with Crippen LogP contribution in [0.4, 0.5) is 0 Å². The van der Waals surface area contributed by atoms with Crippen molar-refractivity contribution in [3.05, 3.63) is 23.8 Å². The summed E-state index contributed by atoms with van der Waals surface area (Å²) in [5.41, 5.74) is -2.87. The number of aliphatic hydroxyl groups is 3. The lowest BCUT2D eigenvalue weighted by molar-refractivity contribution is -0.223. The summed E-state index contributed by atoms with van der Waals surface area (Å²) in [5, 5.41) is 33.8. The van der Waals surface area contributed by atoms with Crippen LogP contribution in [0, 0.1) is 34.5 Å². The predicted octanol–water partition coefficient (Wildman–Crippen LogP) is 4.57. The molecule has 0 amide bonds. The van der Waals surface area contributed by atoms with Gasteiger partial charge in [0.2, 0.25) is 0 Å². The number of carbonyl (C=O) groups is 1. The van der Waals surface area contributed by atoms with Gasteiger partial charge in [0.1, 0.15) is 5.60 Å². The Kier molecular flexibility index (Phi) is 5.64. The SMILES string of the molecule is CC(C)C/C=C/[C@@H](C)[C@H]1CCC2C3=CC(=O)[C@@]4(O)C[C@@H](O)CC[C@]4(C)[C@@]3(O)CC[C@@]21C. The van der Waals surface area contributed by atoms with Crippen molar-refractivity contribution in [3.63, 3.8) is 0 Å². The Balaban J connectivity index is 1.68. The van der Waals surface area contributed by atoms with Crippen molar-refractivity contribution in [2.45, 2.75) is 103 Å². The Morgan fingerprint density at radius 3 is 2.45 bits per heavy atom. The van der Waals surface area contributed by atoms with E-state index in [1.165, 1.54) is 0 Å². The van der Waals surface area contributed by atoms with E-state index in [1.54, 1.807) is 6.08 Å². The molecule has 0 spiro atoms. The second-order valence-corrected chi connectivity index (χ2v) is 12.1. The summed E-state index contributed by atoms with van der Waals surface area (Å²) in [6.45, 7) is 11.0. The van der Waals surface area contributed by atoms with E-state index >= 15 is 0 Å². The van der Waals surface area contributed by atoms with Gasteiger partial charge in [0.05, 0.1) is 11.7 Å². The minimum absolute atomic E-state index is 0.0245. The van der Waals surface area contributed by atoms with Gasteiger partial charge in [0, 0.05) is 11.8 Å². The second kappa shape index (κ2) is 7.53. The molecule has 4 aliphatic rings. The second-order valence-electron chi connectivity index (χ2n) is 12.1. The molecule has 31 heavy (non-hydrogen) atoms. The molecule has 0 aromatic rings. The molecule has 3 saturated carbocycles. The number of hydrogen-bond acceptors (Lipinski definition) is 4. The van der Waals surface area contributed by atoms with E-state index < -0.39 is 22.7 Å². The molecule has 4 heteroatoms. The first kappa shape index (κ1) is 23.2. The molecule has 0 aliphatic heterocycles. The molecular formula is C27H42O4. The van der Waals surface area contributed by atoms with E-state index in [0.717, 1.165) is 31.3 Å². The van der Waals surface area contributed by atoms with Gasteiger partial charge in [-0.1, -0.05) is 46.8 Å². The number of allylic oxidation sites excluding steroid dienone is 2. The summed E-state index contributed by atoms with van der Waals surface area (Å²) in [5.74, 6) is 1.52. The van der Waals surface area contributed by atoms with Gasteiger partial charge in [-0.2, -0.15) is 0 Å². The van der Waals surface area contributed by atoms with Gasteiger partial charge < -0.3 is 15.3 Å². The first-order chi connectivity index (χ1) is 14.4. The van der Waals surface area contributed by atoms with Crippen LogP contribution in [0.15, 0.2) is 23.8 Å². The molecule has 3 N–H and O–H groups in total. The lowest BCUT2D eigenvalue weighted by atomic mass is 9.43. The maximum absolute atomic E-state index is 13.3. The highest BCUT2D eigenvalue weighted by molar-refractivity contribution is 6.00. The topological polar surface area (TPSA) is 77.8 Å². The third-order valence-electron chi connectivity index (χ3n) is 10.00. The van der Waals surface area contributed by atoms with Crippen molar-refractivity contribution >= 4 is 5.78 Å². The number of aliphatic hydroxyl groups excluding tert-OH is 1. The van der Waals surface area contributed by atoms with E-state index in [4.69, 9.17) is 0 Å². The molecular weight excluding hydrogens is 388 g/mol. The van der Waals surface area contributed by atoms with Crippen molar-refractivity contribution in [1.82, 2.24) is 0 Å². The van der Waals surface area contributed by atoms with E-state index in [-0.39, 0.29) is 23.5 Å². The monoisotopic (exact) mass is 430 g/mol. The summed E-state index contributed by atoms with van der Waals surface area (Å²) < 4.78 is 0. The average Bonchev–Trinajstić information content (AvgIpc) is 3.03. The van der Waals surface area contributed by atoms with Crippen LogP contribution >= 0.6 is 0 Å². The Hall–Kier alpha value is -0.970. The molecule has 0 aromatic carbocycles. The fourth-order valence-corrected chi connectivity index (χ4v) is 7.91. The fourth-order valence-electron chi connectivity index (χ4n) is 7.91. The molecule has 0 heterocycles. The summed E-state index contributed by atoms with van der Waals surface area (Å²) in [4.78, 5) is 13.3. The van der Waals surface area contributed by atoms with Crippen molar-refractivity contribution in [3.8, 4) is 0 Å². The van der Waals surface area contributed by atoms with Crippen LogP contribution in [0.25, 0.3) is 0 Å². The van der Waals surface area contributed by atoms with Crippen molar-refractivity contribution < 1.29 is 20.1 Å². The quantitative estimate of drug-likeness (QED) is 0.571.